The molecule has 0 aliphatic carbocycles. The van der Waals surface area contributed by atoms with Crippen LogP contribution in [0.4, 0.5) is 5.69 Å². The van der Waals surface area contributed by atoms with Gasteiger partial charge < -0.3 is 24.3 Å². The molecule has 0 atom stereocenters. The molecule has 0 spiro atoms. The fourth-order valence-electron chi connectivity index (χ4n) is 3.84. The van der Waals surface area contributed by atoms with Crippen LogP contribution in [0.15, 0.2) is 92.9 Å². The summed E-state index contributed by atoms with van der Waals surface area (Å²) < 4.78 is 23.1. The van der Waals surface area contributed by atoms with Gasteiger partial charge in [-0.15, -0.1) is 0 Å². The van der Waals surface area contributed by atoms with Crippen LogP contribution in [0, 0.1) is 0 Å². The molecule has 220 valence electrons. The Morgan fingerprint density at radius 2 is 1.37 bits per heavy atom. The van der Waals surface area contributed by atoms with Gasteiger partial charge in [0.15, 0.2) is 11.5 Å². The molecular weight excluding hydrogens is 686 g/mol. The van der Waals surface area contributed by atoms with Crippen molar-refractivity contribution in [2.45, 2.75) is 0 Å². The first-order valence-electron chi connectivity index (χ1n) is 12.5. The molecule has 2 N–H and O–H groups in total. The number of amides is 2. The van der Waals surface area contributed by atoms with Crippen LogP contribution in [-0.2, 0) is 0 Å². The Bertz CT molecular complexity index is 1670. The van der Waals surface area contributed by atoms with E-state index < -0.39 is 11.9 Å². The Hall–Kier alpha value is -4.68. The largest absolute Gasteiger partial charge is 0.493 e. The van der Waals surface area contributed by atoms with Gasteiger partial charge in [-0.2, -0.15) is 5.10 Å². The Labute approximate surface area is 264 Å². The lowest BCUT2D eigenvalue weighted by Gasteiger charge is -2.14. The van der Waals surface area contributed by atoms with Crippen LogP contribution in [0.2, 0.25) is 0 Å². The van der Waals surface area contributed by atoms with E-state index in [0.717, 1.165) is 4.47 Å². The van der Waals surface area contributed by atoms with Gasteiger partial charge in [-0.05, 0) is 72.8 Å². The van der Waals surface area contributed by atoms with Crippen LogP contribution in [0.25, 0.3) is 0 Å². The maximum absolute atomic E-state index is 13.0. The zero-order chi connectivity index (χ0) is 30.9. The predicted molar refractivity (Wildman–Crippen MR) is 169 cm³/mol. The van der Waals surface area contributed by atoms with Gasteiger partial charge in [0, 0.05) is 31.3 Å². The maximum Gasteiger partial charge on any atom is 0.343 e. The summed E-state index contributed by atoms with van der Waals surface area (Å²) in [4.78, 5) is 38.4. The third-order valence-corrected chi connectivity index (χ3v) is 6.96. The van der Waals surface area contributed by atoms with Crippen molar-refractivity contribution in [1.29, 1.82) is 0 Å². The van der Waals surface area contributed by atoms with Gasteiger partial charge >= 0.3 is 5.97 Å². The number of ether oxygens (including phenoxy) is 4. The molecule has 0 fully saturated rings. The topological polar surface area (TPSA) is 125 Å². The van der Waals surface area contributed by atoms with Crippen molar-refractivity contribution in [3.63, 3.8) is 0 Å². The van der Waals surface area contributed by atoms with Gasteiger partial charge in [0.05, 0.1) is 33.1 Å². The minimum Gasteiger partial charge on any atom is -0.493 e. The summed E-state index contributed by atoms with van der Waals surface area (Å²) in [7, 11) is 4.35. The molecule has 0 unspecified atom stereocenters. The average molecular weight is 711 g/mol. The number of rotatable bonds is 10. The van der Waals surface area contributed by atoms with E-state index in [2.05, 4.69) is 47.7 Å². The summed E-state index contributed by atoms with van der Waals surface area (Å²) in [6.07, 6.45) is 1.35. The van der Waals surface area contributed by atoms with E-state index in [4.69, 9.17) is 18.9 Å². The van der Waals surface area contributed by atoms with Crippen LogP contribution in [0.3, 0.4) is 0 Å². The summed E-state index contributed by atoms with van der Waals surface area (Å²) in [5.74, 6) is -0.378. The highest BCUT2D eigenvalue weighted by atomic mass is 79.9. The highest BCUT2D eigenvalue weighted by Crippen LogP contribution is 2.38. The van der Waals surface area contributed by atoms with E-state index in [0.29, 0.717) is 38.5 Å². The number of carbonyl (C=O) groups is 3. The molecule has 2 amide bonds. The van der Waals surface area contributed by atoms with Crippen molar-refractivity contribution in [2.24, 2.45) is 5.10 Å². The number of halogens is 2. The molecule has 0 bridgehead atoms. The summed E-state index contributed by atoms with van der Waals surface area (Å²) >= 11 is 6.73. The fourth-order valence-corrected chi connectivity index (χ4v) is 4.48. The minimum absolute atomic E-state index is 0.167. The molecule has 4 rings (SSSR count). The molecule has 4 aromatic carbocycles. The van der Waals surface area contributed by atoms with E-state index >= 15 is 0 Å². The Morgan fingerprint density at radius 1 is 0.698 bits per heavy atom. The van der Waals surface area contributed by atoms with Gasteiger partial charge in [-0.25, -0.2) is 10.2 Å². The molecule has 0 saturated heterocycles. The number of anilines is 1. The molecule has 10 nitrogen and oxygen atoms in total. The third-order valence-electron chi connectivity index (χ3n) is 5.93. The summed E-state index contributed by atoms with van der Waals surface area (Å²) in [6, 6.07) is 21.2. The van der Waals surface area contributed by atoms with Crippen molar-refractivity contribution in [3.8, 4) is 23.0 Å². The lowest BCUT2D eigenvalue weighted by atomic mass is 10.1. The lowest BCUT2D eigenvalue weighted by Crippen LogP contribution is -2.18. The van der Waals surface area contributed by atoms with Crippen LogP contribution in [0.1, 0.15) is 36.6 Å². The first-order chi connectivity index (χ1) is 20.7. The van der Waals surface area contributed by atoms with Crippen molar-refractivity contribution >= 4 is 61.5 Å². The molecule has 0 aromatic heterocycles. The average Bonchev–Trinajstić information content (AvgIpc) is 3.01. The molecule has 43 heavy (non-hydrogen) atoms. The molecule has 0 radical (unpaired) electrons. The summed E-state index contributed by atoms with van der Waals surface area (Å²) in [5.41, 5.74) is 4.21. The predicted octanol–water partition coefficient (Wildman–Crippen LogP) is 6.47. The standard InChI is InChI=1S/C31H25Br2N3O7/c1-40-26-15-20(16-27(41-2)28(26)42-3)31(39)43-25-12-11-23(33)13-21(25)17-34-36-30(38)19-5-4-6-24(14-19)35-29(37)18-7-9-22(32)10-8-18/h4-17H,1-3H3,(H,35,37)(H,36,38). The lowest BCUT2D eigenvalue weighted by molar-refractivity contribution is 0.0733. The molecule has 0 heterocycles. The zero-order valence-corrected chi connectivity index (χ0v) is 26.3. The van der Waals surface area contributed by atoms with Gasteiger partial charge in [-0.3, -0.25) is 9.59 Å². The van der Waals surface area contributed by atoms with Crippen molar-refractivity contribution < 1.29 is 33.3 Å². The normalized spacial score (nSPS) is 10.6. The quantitative estimate of drug-likeness (QED) is 0.0837. The Morgan fingerprint density at radius 3 is 2.02 bits per heavy atom. The van der Waals surface area contributed by atoms with Crippen LogP contribution in [-0.4, -0.2) is 45.3 Å². The highest BCUT2D eigenvalue weighted by molar-refractivity contribution is 9.10. The van der Waals surface area contributed by atoms with E-state index in [1.165, 1.54) is 45.7 Å². The van der Waals surface area contributed by atoms with E-state index in [9.17, 15) is 14.4 Å². The first-order valence-corrected chi connectivity index (χ1v) is 14.1. The summed E-state index contributed by atoms with van der Waals surface area (Å²) in [6.45, 7) is 0. The number of nitrogens with zero attached hydrogens (tertiary/aromatic N) is 1. The number of esters is 1. The second-order valence-corrected chi connectivity index (χ2v) is 10.6. The highest BCUT2D eigenvalue weighted by Gasteiger charge is 2.19. The van der Waals surface area contributed by atoms with Crippen molar-refractivity contribution in [2.75, 3.05) is 26.6 Å². The number of hydrogen-bond donors (Lipinski definition) is 2. The van der Waals surface area contributed by atoms with E-state index in [1.54, 1.807) is 60.7 Å². The minimum atomic E-state index is -0.678. The van der Waals surface area contributed by atoms with Gasteiger partial charge in [-0.1, -0.05) is 37.9 Å². The van der Waals surface area contributed by atoms with E-state index in [-0.39, 0.29) is 22.8 Å². The van der Waals surface area contributed by atoms with Crippen molar-refractivity contribution in [3.05, 3.63) is 110 Å². The molecule has 0 aliphatic heterocycles. The Balaban J connectivity index is 1.46. The first kappa shape index (κ1) is 31.3. The second-order valence-electron chi connectivity index (χ2n) is 8.73. The van der Waals surface area contributed by atoms with Gasteiger partial charge in [0.1, 0.15) is 5.75 Å². The molecule has 0 saturated carbocycles. The number of methoxy groups -OCH3 is 3. The smallest absolute Gasteiger partial charge is 0.343 e. The van der Waals surface area contributed by atoms with Crippen LogP contribution < -0.4 is 29.7 Å². The number of benzene rings is 4. The van der Waals surface area contributed by atoms with E-state index in [1.807, 2.05) is 0 Å². The molecule has 4 aromatic rings. The zero-order valence-electron chi connectivity index (χ0n) is 23.1. The van der Waals surface area contributed by atoms with Gasteiger partial charge in [0.25, 0.3) is 11.8 Å². The Kier molecular flexibility index (Phi) is 10.5. The van der Waals surface area contributed by atoms with Gasteiger partial charge in [0.2, 0.25) is 5.75 Å². The third kappa shape index (κ3) is 7.99. The van der Waals surface area contributed by atoms with Crippen LogP contribution in [0.5, 0.6) is 23.0 Å². The molecule has 0 aliphatic rings. The molecule has 12 heteroatoms. The second kappa shape index (κ2) is 14.5. The molecular formula is C31H25Br2N3O7. The number of hydrogen-bond acceptors (Lipinski definition) is 8. The number of hydrazone groups is 1. The van der Waals surface area contributed by atoms with Crippen molar-refractivity contribution in [1.82, 2.24) is 5.43 Å². The monoisotopic (exact) mass is 709 g/mol. The SMILES string of the molecule is COc1cc(C(=O)Oc2ccc(Br)cc2C=NNC(=O)c2cccc(NC(=O)c3ccc(Br)cc3)c2)cc(OC)c1OC. The summed E-state index contributed by atoms with van der Waals surface area (Å²) in [5, 5.41) is 6.81. The van der Waals surface area contributed by atoms with Crippen LogP contribution >= 0.6 is 31.9 Å². The fraction of sp³-hybridized carbons (Fsp3) is 0.0968. The number of carbonyl (C=O) groups excluding carboxylic acids is 3. The number of nitrogens with one attached hydrogen (secondary N) is 2. The maximum atomic E-state index is 13.0.